The van der Waals surface area contributed by atoms with Gasteiger partial charge in [-0.25, -0.2) is 0 Å². The molecule has 13 atom stereocenters. The SMILES string of the molecule is CC(C)C[C@@H]1NC(=O)[C@H](Cc2c[nH]c3ccccc23)NC(=O)[C@H](C(C)C)NC(=O)[C@@H]2CCCN2C(=O)[C@H]2CCCN2C(=O)[C@H](CCCNC(=N)N)NC(=O)[C@H](Cc2ccc(O)cc2)NC(=O)[C@H](CCCCN)NC(=O)[C@H](Cc2c[nH]c3ccccc23)NC(=O)[C@H](CCCNC(=N)N)NC(=O)[C@H](CCCNC(=N)N)NC(=O)[C@H](CCCCN)NC(=O)[C@H](CCCCN)NC1=O. The number of guanidine groups is 3. The lowest BCUT2D eigenvalue weighted by Gasteiger charge is -2.34. The molecule has 3 fully saturated rings. The number of phenols is 1. The number of aromatic nitrogens is 2. The molecule has 5 heterocycles. The van der Waals surface area contributed by atoms with E-state index < -0.39 is 173 Å². The van der Waals surface area contributed by atoms with Crippen molar-refractivity contribution in [3.8, 4) is 5.75 Å². The largest absolute Gasteiger partial charge is 0.508 e. The van der Waals surface area contributed by atoms with E-state index in [4.69, 9.17) is 50.6 Å². The second-order valence-corrected chi connectivity index (χ2v) is 34.2. The molecule has 41 nitrogen and oxygen atoms in total. The highest BCUT2D eigenvalue weighted by atomic mass is 16.3. The fraction of sp³-hybridized carbons (Fsp3) is 0.568. The molecule has 0 spiro atoms. The maximum atomic E-state index is 15.6. The summed E-state index contributed by atoms with van der Waals surface area (Å²) in [6.07, 6.45) is 5.08. The van der Waals surface area contributed by atoms with Crippen LogP contribution in [-0.4, -0.2) is 250 Å². The van der Waals surface area contributed by atoms with Crippen LogP contribution in [0.15, 0.2) is 85.2 Å². The van der Waals surface area contributed by atoms with E-state index in [1.807, 2.05) is 32.0 Å². The summed E-state index contributed by atoms with van der Waals surface area (Å²) in [5.41, 5.74) is 38.0. The Morgan fingerprint density at radius 3 is 1.12 bits per heavy atom. The normalized spacial score (nSPS) is 23.5. The number of hydrogen-bond donors (Lipinski definition) is 26. The summed E-state index contributed by atoms with van der Waals surface area (Å²) in [6.45, 7) is 7.72. The summed E-state index contributed by atoms with van der Waals surface area (Å²) in [4.78, 5) is 208. The van der Waals surface area contributed by atoms with Crippen molar-refractivity contribution in [2.24, 2.45) is 46.2 Å². The topological polar surface area (TPSA) is 676 Å². The number of unbranched alkanes of at least 4 members (excludes halogenated alkanes) is 3. The van der Waals surface area contributed by atoms with Gasteiger partial charge in [0.1, 0.15) is 84.3 Å². The molecule has 0 aliphatic carbocycles. The van der Waals surface area contributed by atoms with Gasteiger partial charge in [0.25, 0.3) is 0 Å². The van der Waals surface area contributed by atoms with Crippen molar-refractivity contribution in [3.05, 3.63) is 102 Å². The third-order valence-electron chi connectivity index (χ3n) is 23.3. The second-order valence-electron chi connectivity index (χ2n) is 34.2. The van der Waals surface area contributed by atoms with Crippen LogP contribution in [0.3, 0.4) is 0 Å². The van der Waals surface area contributed by atoms with Crippen LogP contribution in [0.4, 0.5) is 0 Å². The minimum absolute atomic E-state index is 0.00155. The summed E-state index contributed by atoms with van der Waals surface area (Å²) < 4.78 is 0. The Bertz CT molecular complexity index is 4650. The predicted octanol–water partition coefficient (Wildman–Crippen LogP) is -1.41. The molecule has 5 aromatic rings. The van der Waals surface area contributed by atoms with Crippen molar-refractivity contribution in [1.29, 1.82) is 16.2 Å². The number of amides is 13. The van der Waals surface area contributed by atoms with Crippen LogP contribution in [0.5, 0.6) is 5.75 Å². The van der Waals surface area contributed by atoms with Crippen LogP contribution in [0.2, 0.25) is 0 Å². The molecule has 8 rings (SSSR count). The highest BCUT2D eigenvalue weighted by Gasteiger charge is 2.46. The first-order chi connectivity index (χ1) is 61.8. The Kier molecular flexibility index (Phi) is 40.5. The highest BCUT2D eigenvalue weighted by Crippen LogP contribution is 2.29. The number of fused-ring (bicyclic) bond motifs is 4. The monoisotopic (exact) mass is 1790 g/mol. The van der Waals surface area contributed by atoms with E-state index in [0.717, 1.165) is 0 Å². The van der Waals surface area contributed by atoms with Gasteiger partial charge in [-0.1, -0.05) is 76.2 Å². The van der Waals surface area contributed by atoms with Crippen molar-refractivity contribution in [2.75, 3.05) is 52.4 Å². The summed E-state index contributed by atoms with van der Waals surface area (Å²) in [5, 5.41) is 74.8. The summed E-state index contributed by atoms with van der Waals surface area (Å²) in [7, 11) is 0. The predicted molar refractivity (Wildman–Crippen MR) is 487 cm³/mol. The summed E-state index contributed by atoms with van der Waals surface area (Å²) in [6, 6.07) is 1.73. The quantitative estimate of drug-likeness (QED) is 0.0130. The lowest BCUT2D eigenvalue weighted by molar-refractivity contribution is -0.148. The van der Waals surface area contributed by atoms with E-state index in [9.17, 15) is 5.11 Å². The summed E-state index contributed by atoms with van der Waals surface area (Å²) >= 11 is 0. The molecule has 3 saturated heterocycles. The number of nitrogens with two attached hydrogens (primary N) is 6. The first-order valence-electron chi connectivity index (χ1n) is 44.9. The number of carbonyl (C=O) groups excluding carboxylic acids is 13. The standard InChI is InChI=1S/C88H135N27O14/c1-50(2)44-66-78(122)106-61(25-10-13-37-90)74(118)103-60(24-9-12-36-89)73(117)104-63(27-15-39-98-86(92)93)75(119)105-64(28-16-40-99-87(94)95)77(121)111-68(46-53-48-101-58-22-7-5-20-56(53)58)80(124)107-62(26-11-14-38-91)76(120)110-67(45-52-32-34-55(116)35-33-52)79(123)108-65(29-17-41-100-88(96)97)84(128)115-43-19-31-71(115)85(129)114-42-18-30-70(114)82(126)113-72(51(3)4)83(127)112-69(81(125)109-66)47-54-49-102-59-23-8-6-21-57(54)59/h5-8,20-23,32-35,48-51,60-72,101-102,116H,9-19,24-31,36-47,89-91H2,1-4H3,(H,103,118)(H,104,117)(H,105,119)(H,106,122)(H,107,124)(H,108,123)(H,109,125)(H,110,120)(H,111,121)(H,112,127)(H,113,126)(H4,92,93,98)(H4,94,95,99)(H4,96,97,100)/t60-,61-,62-,63-,64-,65-,66-,67-,68-,69-,70-,71+,72-/m0/s1. The molecule has 3 aromatic carbocycles. The van der Waals surface area contributed by atoms with Gasteiger partial charge in [0.2, 0.25) is 76.8 Å². The zero-order valence-corrected chi connectivity index (χ0v) is 74.3. The fourth-order valence-electron chi connectivity index (χ4n) is 16.4. The van der Waals surface area contributed by atoms with E-state index in [-0.39, 0.29) is 186 Å². The van der Waals surface area contributed by atoms with Crippen molar-refractivity contribution < 1.29 is 67.4 Å². The van der Waals surface area contributed by atoms with Gasteiger partial charge in [0.15, 0.2) is 17.9 Å². The molecule has 13 amide bonds. The van der Waals surface area contributed by atoms with E-state index >= 15 is 62.3 Å². The highest BCUT2D eigenvalue weighted by molar-refractivity contribution is 6.02. The number of carbonyl (C=O) groups is 13. The molecule has 0 unspecified atom stereocenters. The van der Waals surface area contributed by atoms with Crippen molar-refractivity contribution >= 4 is 116 Å². The van der Waals surface area contributed by atoms with Crippen LogP contribution >= 0.6 is 0 Å². The maximum Gasteiger partial charge on any atom is 0.246 e. The van der Waals surface area contributed by atoms with E-state index in [2.05, 4.69) is 84.4 Å². The number of H-pyrrole nitrogens is 2. The third-order valence-corrected chi connectivity index (χ3v) is 23.3. The van der Waals surface area contributed by atoms with Gasteiger partial charge in [-0.15, -0.1) is 0 Å². The molecule has 2 aromatic heterocycles. The zero-order valence-electron chi connectivity index (χ0n) is 74.3. The van der Waals surface area contributed by atoms with Crippen LogP contribution < -0.4 is 109 Å². The number of aromatic hydroxyl groups is 1. The Morgan fingerprint density at radius 1 is 0.388 bits per heavy atom. The number of phenolic OH excluding ortho intramolecular Hbond substituents is 1. The van der Waals surface area contributed by atoms with Crippen LogP contribution in [0.25, 0.3) is 21.8 Å². The van der Waals surface area contributed by atoms with Gasteiger partial charge < -0.3 is 134 Å². The molecule has 3 aliphatic heterocycles. The third kappa shape index (κ3) is 31.4. The number of benzene rings is 3. The van der Waals surface area contributed by atoms with Crippen LogP contribution in [0.1, 0.15) is 173 Å². The number of rotatable bonds is 33. The van der Waals surface area contributed by atoms with Crippen molar-refractivity contribution in [3.63, 3.8) is 0 Å². The minimum atomic E-state index is -1.58. The molecule has 0 radical (unpaired) electrons. The Labute approximate surface area is 751 Å². The molecule has 41 heteroatoms. The van der Waals surface area contributed by atoms with Crippen LogP contribution in [0, 0.1) is 28.1 Å². The van der Waals surface area contributed by atoms with E-state index in [1.165, 1.54) is 34.1 Å². The molecule has 129 heavy (non-hydrogen) atoms. The first kappa shape index (κ1) is 102. The van der Waals surface area contributed by atoms with Gasteiger partial charge in [0, 0.05) is 86.2 Å². The Hall–Kier alpha value is -12.7. The smallest absolute Gasteiger partial charge is 0.246 e. The van der Waals surface area contributed by atoms with Crippen molar-refractivity contribution in [2.45, 2.75) is 254 Å². The number of hydrogen-bond acceptors (Lipinski definition) is 20. The minimum Gasteiger partial charge on any atom is -0.508 e. The van der Waals surface area contributed by atoms with Crippen molar-refractivity contribution in [1.82, 2.24) is 94.2 Å². The molecular formula is C88H135N27O14. The molecule has 0 saturated carbocycles. The van der Waals surface area contributed by atoms with Gasteiger partial charge in [-0.2, -0.15) is 0 Å². The van der Waals surface area contributed by atoms with Crippen LogP contribution in [-0.2, 0) is 81.6 Å². The zero-order chi connectivity index (χ0) is 93.8. The maximum absolute atomic E-state index is 15.6. The Morgan fingerprint density at radius 2 is 0.721 bits per heavy atom. The lowest BCUT2D eigenvalue weighted by Crippen LogP contribution is -2.61. The Balaban J connectivity index is 1.24. The van der Waals surface area contributed by atoms with Gasteiger partial charge in [-0.05, 0) is 201 Å². The number of nitrogens with zero attached hydrogens (tertiary/aromatic N) is 2. The molecule has 32 N–H and O–H groups in total. The van der Waals surface area contributed by atoms with E-state index in [0.29, 0.717) is 70.6 Å². The second kappa shape index (κ2) is 51.4. The molecule has 706 valence electrons. The van der Waals surface area contributed by atoms with E-state index in [1.54, 1.807) is 56.6 Å². The lowest BCUT2D eigenvalue weighted by atomic mass is 9.98. The summed E-state index contributed by atoms with van der Waals surface area (Å²) in [5.74, 6) is -12.9. The van der Waals surface area contributed by atoms with Gasteiger partial charge >= 0.3 is 0 Å². The molecule has 0 bridgehead atoms. The van der Waals surface area contributed by atoms with Gasteiger partial charge in [-0.3, -0.25) is 78.6 Å². The number of aromatic amines is 2. The average molecular weight is 1800 g/mol. The number of nitrogens with one attached hydrogen (secondary N) is 19. The van der Waals surface area contributed by atoms with Gasteiger partial charge in [0.05, 0.1) is 0 Å². The fourth-order valence-corrected chi connectivity index (χ4v) is 16.4. The molecule has 3 aliphatic rings. The molecular weight excluding hydrogens is 1660 g/mol. The first-order valence-corrected chi connectivity index (χ1v) is 44.9. The number of para-hydroxylation sites is 2. The average Bonchev–Trinajstić information content (AvgIpc) is 1.68.